The van der Waals surface area contributed by atoms with Crippen molar-refractivity contribution in [1.29, 1.82) is 0 Å². The van der Waals surface area contributed by atoms with Gasteiger partial charge in [-0.25, -0.2) is 12.8 Å². The molecule has 0 amide bonds. The van der Waals surface area contributed by atoms with Crippen molar-refractivity contribution in [2.45, 2.75) is 31.9 Å². The van der Waals surface area contributed by atoms with Crippen LogP contribution in [0.4, 0.5) is 4.39 Å². The van der Waals surface area contributed by atoms with E-state index in [4.69, 9.17) is 5.73 Å². The highest BCUT2D eigenvalue weighted by Crippen LogP contribution is 2.14. The monoisotopic (exact) mass is 287 g/mol. The third-order valence-corrected chi connectivity index (χ3v) is 5.54. The standard InChI is InChI=1S/C14H22FNO2S/c1-11(2)19(17,18)8-7-13(10-16)9-12-3-5-14(15)6-4-12/h3-6,11,13H,7-10,16H2,1-2H3. The highest BCUT2D eigenvalue weighted by atomic mass is 32.2. The Morgan fingerprint density at radius 2 is 1.79 bits per heavy atom. The summed E-state index contributed by atoms with van der Waals surface area (Å²) in [5.41, 5.74) is 6.67. The van der Waals surface area contributed by atoms with Gasteiger partial charge in [-0.1, -0.05) is 12.1 Å². The second kappa shape index (κ2) is 7.01. The summed E-state index contributed by atoms with van der Waals surface area (Å²) in [5, 5.41) is -0.350. The minimum Gasteiger partial charge on any atom is -0.330 e. The van der Waals surface area contributed by atoms with Gasteiger partial charge in [-0.3, -0.25) is 0 Å². The van der Waals surface area contributed by atoms with Crippen molar-refractivity contribution in [1.82, 2.24) is 0 Å². The molecule has 0 fully saturated rings. The zero-order valence-electron chi connectivity index (χ0n) is 11.5. The third kappa shape index (κ3) is 5.28. The molecule has 0 saturated heterocycles. The Morgan fingerprint density at radius 1 is 1.21 bits per heavy atom. The fourth-order valence-electron chi connectivity index (χ4n) is 1.82. The molecule has 0 saturated carbocycles. The lowest BCUT2D eigenvalue weighted by Crippen LogP contribution is -2.24. The molecule has 1 unspecified atom stereocenters. The second-order valence-electron chi connectivity index (χ2n) is 5.14. The van der Waals surface area contributed by atoms with Gasteiger partial charge in [0.25, 0.3) is 0 Å². The molecule has 0 spiro atoms. The summed E-state index contributed by atoms with van der Waals surface area (Å²) in [5.74, 6) is 0.00250. The average molecular weight is 287 g/mol. The second-order valence-corrected chi connectivity index (χ2v) is 7.81. The number of halogens is 1. The minimum absolute atomic E-state index is 0.110. The van der Waals surface area contributed by atoms with E-state index in [0.717, 1.165) is 5.56 Å². The SMILES string of the molecule is CC(C)S(=O)(=O)CCC(CN)Cc1ccc(F)cc1. The summed E-state index contributed by atoms with van der Waals surface area (Å²) >= 11 is 0. The van der Waals surface area contributed by atoms with E-state index in [1.54, 1.807) is 26.0 Å². The average Bonchev–Trinajstić information content (AvgIpc) is 2.36. The maximum Gasteiger partial charge on any atom is 0.152 e. The van der Waals surface area contributed by atoms with Gasteiger partial charge in [0.05, 0.1) is 11.0 Å². The molecule has 0 aromatic heterocycles. The molecule has 1 atom stereocenters. The lowest BCUT2D eigenvalue weighted by Gasteiger charge is -2.16. The van der Waals surface area contributed by atoms with Crippen molar-refractivity contribution in [2.75, 3.05) is 12.3 Å². The predicted molar refractivity (Wildman–Crippen MR) is 76.2 cm³/mol. The van der Waals surface area contributed by atoms with Gasteiger partial charge < -0.3 is 5.73 Å². The molecule has 0 radical (unpaired) electrons. The van der Waals surface area contributed by atoms with E-state index in [-0.39, 0.29) is 22.7 Å². The highest BCUT2D eigenvalue weighted by Gasteiger charge is 2.18. The van der Waals surface area contributed by atoms with Crippen LogP contribution in [0.25, 0.3) is 0 Å². The number of hydrogen-bond donors (Lipinski definition) is 1. The lowest BCUT2D eigenvalue weighted by molar-refractivity contribution is 0.509. The Labute approximate surface area is 114 Å². The molecule has 2 N–H and O–H groups in total. The maximum absolute atomic E-state index is 12.8. The first-order valence-electron chi connectivity index (χ1n) is 6.51. The first-order chi connectivity index (χ1) is 8.85. The van der Waals surface area contributed by atoms with Gasteiger partial charge in [0.15, 0.2) is 9.84 Å². The summed E-state index contributed by atoms with van der Waals surface area (Å²) in [6, 6.07) is 6.26. The van der Waals surface area contributed by atoms with Gasteiger partial charge in [0.1, 0.15) is 5.82 Å². The Kier molecular flexibility index (Phi) is 5.94. The van der Waals surface area contributed by atoms with E-state index in [1.807, 2.05) is 0 Å². The Bertz CT molecular complexity index is 483. The molecule has 19 heavy (non-hydrogen) atoms. The number of nitrogens with two attached hydrogens (primary N) is 1. The molecule has 1 aromatic carbocycles. The first-order valence-corrected chi connectivity index (χ1v) is 8.22. The zero-order valence-corrected chi connectivity index (χ0v) is 12.3. The molecule has 1 rings (SSSR count). The molecule has 0 aliphatic heterocycles. The van der Waals surface area contributed by atoms with Gasteiger partial charge in [-0.2, -0.15) is 0 Å². The van der Waals surface area contributed by atoms with Crippen LogP contribution in [-0.4, -0.2) is 26.0 Å². The maximum atomic E-state index is 12.8. The van der Waals surface area contributed by atoms with Gasteiger partial charge in [-0.05, 0) is 56.8 Å². The minimum atomic E-state index is -3.02. The number of hydrogen-bond acceptors (Lipinski definition) is 3. The lowest BCUT2D eigenvalue weighted by atomic mass is 9.97. The summed E-state index contributed by atoms with van der Waals surface area (Å²) in [7, 11) is -3.02. The molecule has 0 aliphatic carbocycles. The van der Waals surface area contributed by atoms with E-state index in [2.05, 4.69) is 0 Å². The van der Waals surface area contributed by atoms with E-state index < -0.39 is 9.84 Å². The molecule has 0 bridgehead atoms. The van der Waals surface area contributed by atoms with Gasteiger partial charge >= 0.3 is 0 Å². The fraction of sp³-hybridized carbons (Fsp3) is 0.571. The Hall–Kier alpha value is -0.940. The largest absolute Gasteiger partial charge is 0.330 e. The molecular weight excluding hydrogens is 265 g/mol. The van der Waals surface area contributed by atoms with Crippen LogP contribution < -0.4 is 5.73 Å². The number of rotatable bonds is 7. The topological polar surface area (TPSA) is 60.2 Å². The normalized spacial score (nSPS) is 13.7. The van der Waals surface area contributed by atoms with Crippen LogP contribution in [0.1, 0.15) is 25.8 Å². The molecule has 0 heterocycles. The summed E-state index contributed by atoms with van der Waals surface area (Å²) in [6.07, 6.45) is 1.23. The van der Waals surface area contributed by atoms with Crippen LogP contribution in [0, 0.1) is 11.7 Å². The summed E-state index contributed by atoms with van der Waals surface area (Å²) < 4.78 is 36.3. The molecule has 0 aliphatic rings. The van der Waals surface area contributed by atoms with E-state index in [9.17, 15) is 12.8 Å². The van der Waals surface area contributed by atoms with Crippen LogP contribution in [0.5, 0.6) is 0 Å². The van der Waals surface area contributed by atoms with Crippen LogP contribution >= 0.6 is 0 Å². The van der Waals surface area contributed by atoms with Gasteiger partial charge in [-0.15, -0.1) is 0 Å². The van der Waals surface area contributed by atoms with Crippen molar-refractivity contribution in [3.8, 4) is 0 Å². The Morgan fingerprint density at radius 3 is 2.26 bits per heavy atom. The van der Waals surface area contributed by atoms with E-state index in [0.29, 0.717) is 19.4 Å². The predicted octanol–water partition coefficient (Wildman–Crippen LogP) is 2.16. The molecule has 5 heteroatoms. The van der Waals surface area contributed by atoms with Crippen molar-refractivity contribution in [3.05, 3.63) is 35.6 Å². The fourth-order valence-corrected chi connectivity index (χ4v) is 2.96. The van der Waals surface area contributed by atoms with Gasteiger partial charge in [0.2, 0.25) is 0 Å². The summed E-state index contributed by atoms with van der Waals surface area (Å²) in [4.78, 5) is 0. The molecule has 108 valence electrons. The van der Waals surface area contributed by atoms with Crippen molar-refractivity contribution >= 4 is 9.84 Å². The summed E-state index contributed by atoms with van der Waals surface area (Å²) in [6.45, 7) is 3.81. The van der Waals surface area contributed by atoms with Crippen molar-refractivity contribution in [2.24, 2.45) is 11.7 Å². The Balaban J connectivity index is 2.57. The smallest absolute Gasteiger partial charge is 0.152 e. The molecular formula is C14H22FNO2S. The van der Waals surface area contributed by atoms with Crippen molar-refractivity contribution in [3.63, 3.8) is 0 Å². The zero-order chi connectivity index (χ0) is 14.5. The first kappa shape index (κ1) is 16.1. The molecule has 1 aromatic rings. The van der Waals surface area contributed by atoms with Crippen molar-refractivity contribution < 1.29 is 12.8 Å². The number of sulfone groups is 1. The quantitative estimate of drug-likeness (QED) is 0.836. The highest BCUT2D eigenvalue weighted by molar-refractivity contribution is 7.91. The molecule has 3 nitrogen and oxygen atoms in total. The van der Waals surface area contributed by atoms with E-state index in [1.165, 1.54) is 12.1 Å². The van der Waals surface area contributed by atoms with Crippen LogP contribution in [0.15, 0.2) is 24.3 Å². The van der Waals surface area contributed by atoms with Crippen LogP contribution in [-0.2, 0) is 16.3 Å². The van der Waals surface area contributed by atoms with Crippen LogP contribution in [0.3, 0.4) is 0 Å². The number of benzene rings is 1. The van der Waals surface area contributed by atoms with Gasteiger partial charge in [0, 0.05) is 0 Å². The third-order valence-electron chi connectivity index (χ3n) is 3.30. The van der Waals surface area contributed by atoms with E-state index >= 15 is 0 Å². The van der Waals surface area contributed by atoms with Crippen LogP contribution in [0.2, 0.25) is 0 Å².